The number of hydrogen-bond acceptors (Lipinski definition) is 4. The van der Waals surface area contributed by atoms with Gasteiger partial charge in [-0.1, -0.05) is 6.07 Å². The summed E-state index contributed by atoms with van der Waals surface area (Å²) in [6.07, 6.45) is 1.69. The van der Waals surface area contributed by atoms with Gasteiger partial charge in [0.05, 0.1) is 24.2 Å². The van der Waals surface area contributed by atoms with E-state index in [1.165, 1.54) is 11.3 Å². The molecular formula is C12H13NO2S. The third kappa shape index (κ3) is 2.08. The van der Waals surface area contributed by atoms with Gasteiger partial charge in [0, 0.05) is 6.20 Å². The van der Waals surface area contributed by atoms with Crippen LogP contribution in [0.3, 0.4) is 0 Å². The number of aliphatic hydroxyl groups excluding tert-OH is 1. The molecule has 0 aliphatic rings. The molecule has 3 nitrogen and oxygen atoms in total. The molecule has 0 fully saturated rings. The second-order valence-electron chi connectivity index (χ2n) is 3.49. The van der Waals surface area contributed by atoms with Crippen LogP contribution in [0.25, 0.3) is 10.6 Å². The molecule has 4 heteroatoms. The van der Waals surface area contributed by atoms with Gasteiger partial charge in [0.2, 0.25) is 0 Å². The summed E-state index contributed by atoms with van der Waals surface area (Å²) in [7, 11) is 1.65. The number of methoxy groups -OCH3 is 1. The van der Waals surface area contributed by atoms with Crippen molar-refractivity contribution in [2.75, 3.05) is 7.11 Å². The number of aryl methyl sites for hydroxylation is 1. The molecule has 0 saturated heterocycles. The summed E-state index contributed by atoms with van der Waals surface area (Å²) in [6, 6.07) is 6.00. The minimum atomic E-state index is 0.0336. The van der Waals surface area contributed by atoms with E-state index in [2.05, 4.69) is 4.98 Å². The van der Waals surface area contributed by atoms with Crippen LogP contribution in [-0.4, -0.2) is 17.2 Å². The van der Waals surface area contributed by atoms with Gasteiger partial charge < -0.3 is 9.84 Å². The van der Waals surface area contributed by atoms with E-state index in [9.17, 15) is 0 Å². The molecule has 0 unspecified atom stereocenters. The smallest absolute Gasteiger partial charge is 0.129 e. The molecule has 0 aliphatic heterocycles. The molecule has 1 aromatic heterocycles. The maximum Gasteiger partial charge on any atom is 0.129 e. The average Bonchev–Trinajstić information content (AvgIpc) is 2.77. The lowest BCUT2D eigenvalue weighted by molar-refractivity contribution is 0.285. The Bertz CT molecular complexity index is 494. The first-order valence-corrected chi connectivity index (χ1v) is 5.77. The van der Waals surface area contributed by atoms with Crippen molar-refractivity contribution in [1.82, 2.24) is 4.98 Å². The van der Waals surface area contributed by atoms with Crippen LogP contribution in [0.15, 0.2) is 24.4 Å². The van der Waals surface area contributed by atoms with Gasteiger partial charge in [-0.2, -0.15) is 0 Å². The fraction of sp³-hybridized carbons (Fsp3) is 0.250. The van der Waals surface area contributed by atoms with Crippen LogP contribution in [0.5, 0.6) is 5.75 Å². The molecule has 1 heterocycles. The zero-order chi connectivity index (χ0) is 11.5. The predicted molar refractivity (Wildman–Crippen MR) is 64.8 cm³/mol. The van der Waals surface area contributed by atoms with Crippen molar-refractivity contribution in [2.45, 2.75) is 13.5 Å². The zero-order valence-corrected chi connectivity index (χ0v) is 10.0. The van der Waals surface area contributed by atoms with Crippen molar-refractivity contribution in [2.24, 2.45) is 0 Å². The number of ether oxygens (including phenoxy) is 1. The first-order valence-electron chi connectivity index (χ1n) is 4.95. The summed E-state index contributed by atoms with van der Waals surface area (Å²) >= 11 is 1.48. The van der Waals surface area contributed by atoms with Crippen molar-refractivity contribution in [3.8, 4) is 16.3 Å². The van der Waals surface area contributed by atoms with Crippen LogP contribution in [0.1, 0.15) is 10.4 Å². The molecule has 16 heavy (non-hydrogen) atoms. The number of rotatable bonds is 3. The first-order chi connectivity index (χ1) is 7.74. The van der Waals surface area contributed by atoms with Crippen molar-refractivity contribution in [3.05, 3.63) is 34.8 Å². The molecule has 0 amide bonds. The summed E-state index contributed by atoms with van der Waals surface area (Å²) < 4.78 is 5.33. The van der Waals surface area contributed by atoms with Crippen LogP contribution in [0.4, 0.5) is 0 Å². The van der Waals surface area contributed by atoms with E-state index in [4.69, 9.17) is 9.84 Å². The van der Waals surface area contributed by atoms with Crippen LogP contribution in [0.2, 0.25) is 0 Å². The van der Waals surface area contributed by atoms with Gasteiger partial charge in [0.15, 0.2) is 0 Å². The highest BCUT2D eigenvalue weighted by atomic mass is 32.1. The molecular weight excluding hydrogens is 222 g/mol. The van der Waals surface area contributed by atoms with Crippen LogP contribution in [0, 0.1) is 6.92 Å². The van der Waals surface area contributed by atoms with Crippen molar-refractivity contribution >= 4 is 11.3 Å². The van der Waals surface area contributed by atoms with Gasteiger partial charge in [-0.15, -0.1) is 11.3 Å². The third-order valence-electron chi connectivity index (χ3n) is 2.30. The molecule has 1 aromatic carbocycles. The Balaban J connectivity index is 2.46. The fourth-order valence-corrected chi connectivity index (χ4v) is 2.28. The number of aromatic nitrogens is 1. The Morgan fingerprint density at radius 1 is 1.44 bits per heavy atom. The number of thiazole rings is 1. The Kier molecular flexibility index (Phi) is 3.22. The molecule has 84 valence electrons. The maximum absolute atomic E-state index is 9.01. The van der Waals surface area contributed by atoms with E-state index >= 15 is 0 Å². The van der Waals surface area contributed by atoms with Gasteiger partial charge in [0.1, 0.15) is 10.8 Å². The quantitative estimate of drug-likeness (QED) is 0.889. The Morgan fingerprint density at radius 3 is 2.88 bits per heavy atom. The zero-order valence-electron chi connectivity index (χ0n) is 9.23. The van der Waals surface area contributed by atoms with E-state index in [1.54, 1.807) is 13.3 Å². The Labute approximate surface area is 98.4 Å². The van der Waals surface area contributed by atoms with Crippen LogP contribution in [-0.2, 0) is 6.61 Å². The highest BCUT2D eigenvalue weighted by Gasteiger charge is 2.09. The summed E-state index contributed by atoms with van der Waals surface area (Å²) in [5, 5.41) is 9.88. The molecule has 2 aromatic rings. The highest BCUT2D eigenvalue weighted by Crippen LogP contribution is 2.33. The Morgan fingerprint density at radius 2 is 2.25 bits per heavy atom. The largest absolute Gasteiger partial charge is 0.496 e. The molecule has 0 spiro atoms. The number of hydrogen-bond donors (Lipinski definition) is 1. The van der Waals surface area contributed by atoms with Gasteiger partial charge >= 0.3 is 0 Å². The van der Waals surface area contributed by atoms with Gasteiger partial charge in [0.25, 0.3) is 0 Å². The van der Waals surface area contributed by atoms with Crippen LogP contribution >= 0.6 is 11.3 Å². The summed E-state index contributed by atoms with van der Waals surface area (Å²) in [5.41, 5.74) is 2.12. The maximum atomic E-state index is 9.01. The third-order valence-corrected chi connectivity index (χ3v) is 3.31. The lowest BCUT2D eigenvalue weighted by Gasteiger charge is -2.06. The van der Waals surface area contributed by atoms with E-state index in [0.29, 0.717) is 0 Å². The lowest BCUT2D eigenvalue weighted by Crippen LogP contribution is -1.88. The van der Waals surface area contributed by atoms with E-state index < -0.39 is 0 Å². The second kappa shape index (κ2) is 4.63. The lowest BCUT2D eigenvalue weighted by atomic mass is 10.1. The number of aliphatic hydroxyl groups is 1. The highest BCUT2D eigenvalue weighted by molar-refractivity contribution is 7.15. The summed E-state index contributed by atoms with van der Waals surface area (Å²) in [6.45, 7) is 2.05. The molecule has 0 saturated carbocycles. The van der Waals surface area contributed by atoms with Crippen molar-refractivity contribution < 1.29 is 9.84 Å². The number of benzene rings is 1. The van der Waals surface area contributed by atoms with E-state index in [0.717, 1.165) is 26.8 Å². The minimum Gasteiger partial charge on any atom is -0.496 e. The predicted octanol–water partition coefficient (Wildman–Crippen LogP) is 2.62. The fourth-order valence-electron chi connectivity index (χ4n) is 1.48. The SMILES string of the molecule is COc1cc(C)ccc1-c1ncc(CO)s1. The molecule has 0 atom stereocenters. The molecule has 1 N–H and O–H groups in total. The Hall–Kier alpha value is -1.39. The summed E-state index contributed by atoms with van der Waals surface area (Å²) in [5.74, 6) is 0.818. The van der Waals surface area contributed by atoms with Gasteiger partial charge in [-0.25, -0.2) is 4.98 Å². The first kappa shape index (κ1) is 11.1. The summed E-state index contributed by atoms with van der Waals surface area (Å²) in [4.78, 5) is 5.13. The second-order valence-corrected chi connectivity index (χ2v) is 4.61. The monoisotopic (exact) mass is 235 g/mol. The van der Waals surface area contributed by atoms with Gasteiger partial charge in [-0.3, -0.25) is 0 Å². The molecule has 0 aliphatic carbocycles. The normalized spacial score (nSPS) is 10.4. The molecule has 2 rings (SSSR count). The topological polar surface area (TPSA) is 42.4 Å². The average molecular weight is 235 g/mol. The van der Waals surface area contributed by atoms with E-state index in [-0.39, 0.29) is 6.61 Å². The minimum absolute atomic E-state index is 0.0336. The molecule has 0 radical (unpaired) electrons. The van der Waals surface area contributed by atoms with Crippen molar-refractivity contribution in [1.29, 1.82) is 0 Å². The van der Waals surface area contributed by atoms with Crippen molar-refractivity contribution in [3.63, 3.8) is 0 Å². The van der Waals surface area contributed by atoms with Crippen LogP contribution < -0.4 is 4.74 Å². The number of nitrogens with zero attached hydrogens (tertiary/aromatic N) is 1. The molecule has 0 bridgehead atoms. The standard InChI is InChI=1S/C12H13NO2S/c1-8-3-4-10(11(5-8)15-2)12-13-6-9(7-14)16-12/h3-6,14H,7H2,1-2H3. The van der Waals surface area contributed by atoms with Gasteiger partial charge in [-0.05, 0) is 24.6 Å². The van der Waals surface area contributed by atoms with E-state index in [1.807, 2.05) is 25.1 Å².